The molecule has 0 saturated heterocycles. The molecule has 0 aromatic heterocycles. The number of amides is 2. The molecule has 6 heteroatoms. The zero-order chi connectivity index (χ0) is 27.9. The standard InChI is InChI=1S/C34H34N2O4/c37-33(31(25-15-5-1-6-16-25)26-17-7-2-8-18-26)35(39)29-23-13-14-24-30(29)36(40)34(38)32(27-19-9-3-10-20-27)28-21-11-4-12-22-28/h1-12,15-22,29-32,39-40H,13-14,23-24H2/t29-,30-/m1/s1. The van der Waals surface area contributed by atoms with E-state index in [2.05, 4.69) is 0 Å². The van der Waals surface area contributed by atoms with Crippen molar-refractivity contribution in [2.75, 3.05) is 0 Å². The van der Waals surface area contributed by atoms with Crippen molar-refractivity contribution >= 4 is 11.8 Å². The van der Waals surface area contributed by atoms with E-state index in [1.54, 1.807) is 0 Å². The first-order valence-electron chi connectivity index (χ1n) is 13.8. The van der Waals surface area contributed by atoms with Crippen LogP contribution in [0.5, 0.6) is 0 Å². The van der Waals surface area contributed by atoms with Gasteiger partial charge in [-0.1, -0.05) is 134 Å². The summed E-state index contributed by atoms with van der Waals surface area (Å²) in [6.45, 7) is 0. The first-order chi connectivity index (χ1) is 19.6. The molecular weight excluding hydrogens is 500 g/mol. The van der Waals surface area contributed by atoms with Crippen LogP contribution in [0, 0.1) is 0 Å². The highest BCUT2D eigenvalue weighted by Gasteiger charge is 2.42. The predicted molar refractivity (Wildman–Crippen MR) is 153 cm³/mol. The first-order valence-corrected chi connectivity index (χ1v) is 13.8. The fourth-order valence-electron chi connectivity index (χ4n) is 5.79. The van der Waals surface area contributed by atoms with Gasteiger partial charge in [0, 0.05) is 0 Å². The van der Waals surface area contributed by atoms with Gasteiger partial charge < -0.3 is 0 Å². The van der Waals surface area contributed by atoms with Crippen LogP contribution in [0.2, 0.25) is 0 Å². The van der Waals surface area contributed by atoms with Gasteiger partial charge in [-0.3, -0.25) is 20.0 Å². The molecule has 0 aliphatic heterocycles. The highest BCUT2D eigenvalue weighted by Crippen LogP contribution is 2.34. The summed E-state index contributed by atoms with van der Waals surface area (Å²) in [7, 11) is 0. The minimum absolute atomic E-state index is 0.467. The summed E-state index contributed by atoms with van der Waals surface area (Å²) in [5.41, 5.74) is 3.04. The van der Waals surface area contributed by atoms with Crippen LogP contribution in [0.4, 0.5) is 0 Å². The van der Waals surface area contributed by atoms with Gasteiger partial charge in [0.05, 0.1) is 23.9 Å². The Morgan fingerprint density at radius 2 is 0.750 bits per heavy atom. The van der Waals surface area contributed by atoms with E-state index in [9.17, 15) is 20.0 Å². The Kier molecular flexibility index (Phi) is 8.69. The topological polar surface area (TPSA) is 81.1 Å². The van der Waals surface area contributed by atoms with Crippen molar-refractivity contribution in [2.24, 2.45) is 0 Å². The second-order valence-electron chi connectivity index (χ2n) is 10.3. The van der Waals surface area contributed by atoms with E-state index in [0.29, 0.717) is 12.8 Å². The number of hydrogen-bond donors (Lipinski definition) is 2. The van der Waals surface area contributed by atoms with Crippen molar-refractivity contribution in [3.8, 4) is 0 Å². The van der Waals surface area contributed by atoms with Crippen LogP contribution in [-0.4, -0.2) is 44.4 Å². The summed E-state index contributed by atoms with van der Waals surface area (Å²) >= 11 is 0. The Balaban J connectivity index is 1.44. The average Bonchev–Trinajstić information content (AvgIpc) is 3.02. The van der Waals surface area contributed by atoms with Gasteiger partial charge in [0.2, 0.25) is 0 Å². The lowest BCUT2D eigenvalue weighted by atomic mass is 9.85. The summed E-state index contributed by atoms with van der Waals surface area (Å²) < 4.78 is 0. The molecule has 6 nitrogen and oxygen atoms in total. The lowest BCUT2D eigenvalue weighted by molar-refractivity contribution is -0.213. The number of carbonyl (C=O) groups excluding carboxylic acids is 2. The fraction of sp³-hybridized carbons (Fsp3) is 0.235. The van der Waals surface area contributed by atoms with Gasteiger partial charge in [-0.15, -0.1) is 0 Å². The molecular formula is C34H34N2O4. The Hall–Kier alpha value is -4.26. The summed E-state index contributed by atoms with van der Waals surface area (Å²) in [5.74, 6) is -2.42. The number of carbonyl (C=O) groups is 2. The Morgan fingerprint density at radius 3 is 1.00 bits per heavy atom. The van der Waals surface area contributed by atoms with E-state index in [0.717, 1.165) is 45.2 Å². The van der Waals surface area contributed by atoms with Crippen molar-refractivity contribution in [3.05, 3.63) is 144 Å². The minimum Gasteiger partial charge on any atom is -0.286 e. The summed E-state index contributed by atoms with van der Waals surface area (Å²) in [6.07, 6.45) is 2.48. The molecule has 1 aliphatic carbocycles. The van der Waals surface area contributed by atoms with Crippen LogP contribution in [0.15, 0.2) is 121 Å². The lowest BCUT2D eigenvalue weighted by Gasteiger charge is -2.41. The number of hydrogen-bond acceptors (Lipinski definition) is 4. The van der Waals surface area contributed by atoms with Crippen LogP contribution in [0.3, 0.4) is 0 Å². The lowest BCUT2D eigenvalue weighted by Crippen LogP contribution is -2.56. The van der Waals surface area contributed by atoms with Crippen LogP contribution in [0.1, 0.15) is 59.8 Å². The first kappa shape index (κ1) is 27.3. The number of nitrogens with zero attached hydrogens (tertiary/aromatic N) is 2. The zero-order valence-electron chi connectivity index (χ0n) is 22.3. The molecule has 2 atom stereocenters. The van der Waals surface area contributed by atoms with Crippen LogP contribution >= 0.6 is 0 Å². The maximum atomic E-state index is 13.9. The molecule has 4 aromatic rings. The molecule has 0 heterocycles. The van der Waals surface area contributed by atoms with Gasteiger partial charge in [-0.05, 0) is 35.1 Å². The monoisotopic (exact) mass is 534 g/mol. The van der Waals surface area contributed by atoms with E-state index < -0.39 is 35.7 Å². The molecule has 2 amide bonds. The molecule has 0 unspecified atom stereocenters. The van der Waals surface area contributed by atoms with Gasteiger partial charge in [0.1, 0.15) is 0 Å². The molecule has 5 rings (SSSR count). The third-order valence-corrected chi connectivity index (χ3v) is 7.80. The van der Waals surface area contributed by atoms with Gasteiger partial charge in [0.25, 0.3) is 11.8 Å². The fourth-order valence-corrected chi connectivity index (χ4v) is 5.79. The summed E-state index contributed by atoms with van der Waals surface area (Å²) in [5, 5.41) is 24.4. The SMILES string of the molecule is O=C(C(c1ccccc1)c1ccccc1)N(O)[C@@H]1CCCC[C@H]1N(O)C(=O)C(c1ccccc1)c1ccccc1. The van der Waals surface area contributed by atoms with Crippen LogP contribution < -0.4 is 0 Å². The molecule has 0 bridgehead atoms. The van der Waals surface area contributed by atoms with Crippen molar-refractivity contribution in [3.63, 3.8) is 0 Å². The maximum Gasteiger partial charge on any atom is 0.258 e. The van der Waals surface area contributed by atoms with E-state index in [4.69, 9.17) is 0 Å². The third kappa shape index (κ3) is 5.83. The van der Waals surface area contributed by atoms with Gasteiger partial charge in [-0.2, -0.15) is 0 Å². The predicted octanol–water partition coefficient (Wildman–Crippen LogP) is 6.40. The van der Waals surface area contributed by atoms with Crippen LogP contribution in [-0.2, 0) is 9.59 Å². The van der Waals surface area contributed by atoms with Crippen molar-refractivity contribution < 1.29 is 20.0 Å². The van der Waals surface area contributed by atoms with Crippen LogP contribution in [0.25, 0.3) is 0 Å². The number of benzene rings is 4. The largest absolute Gasteiger partial charge is 0.286 e. The molecule has 40 heavy (non-hydrogen) atoms. The van der Waals surface area contributed by atoms with E-state index >= 15 is 0 Å². The maximum absolute atomic E-state index is 13.9. The zero-order valence-corrected chi connectivity index (χ0v) is 22.3. The van der Waals surface area contributed by atoms with Gasteiger partial charge >= 0.3 is 0 Å². The molecule has 0 radical (unpaired) electrons. The third-order valence-electron chi connectivity index (χ3n) is 7.80. The Morgan fingerprint density at radius 1 is 0.500 bits per heavy atom. The van der Waals surface area contributed by atoms with Gasteiger partial charge in [-0.25, -0.2) is 10.1 Å². The Labute approximate surface area is 235 Å². The molecule has 1 saturated carbocycles. The average molecular weight is 535 g/mol. The Bertz CT molecular complexity index is 1190. The normalized spacial score (nSPS) is 17.0. The number of hydroxylamine groups is 4. The number of rotatable bonds is 8. The van der Waals surface area contributed by atoms with Crippen molar-refractivity contribution in [2.45, 2.75) is 49.6 Å². The van der Waals surface area contributed by atoms with Crippen molar-refractivity contribution in [1.29, 1.82) is 0 Å². The molecule has 0 spiro atoms. The smallest absolute Gasteiger partial charge is 0.258 e. The molecule has 2 N–H and O–H groups in total. The highest BCUT2D eigenvalue weighted by atomic mass is 16.5. The summed E-state index contributed by atoms with van der Waals surface area (Å²) in [4.78, 5) is 27.9. The minimum atomic E-state index is -0.752. The molecule has 1 aliphatic rings. The van der Waals surface area contributed by atoms with Gasteiger partial charge in [0.15, 0.2) is 0 Å². The second-order valence-corrected chi connectivity index (χ2v) is 10.3. The van der Waals surface area contributed by atoms with Crippen molar-refractivity contribution in [1.82, 2.24) is 10.1 Å². The van der Waals surface area contributed by atoms with E-state index in [1.165, 1.54) is 0 Å². The summed E-state index contributed by atoms with van der Waals surface area (Å²) in [6, 6.07) is 35.9. The quantitative estimate of drug-likeness (QED) is 0.203. The van der Waals surface area contributed by atoms with E-state index in [1.807, 2.05) is 121 Å². The molecule has 1 fully saturated rings. The highest BCUT2D eigenvalue weighted by molar-refractivity contribution is 5.88. The van der Waals surface area contributed by atoms with E-state index in [-0.39, 0.29) is 0 Å². The molecule has 4 aromatic carbocycles. The second kappa shape index (κ2) is 12.7. The molecule has 204 valence electrons.